The van der Waals surface area contributed by atoms with Gasteiger partial charge >= 0.3 is 6.03 Å². The Kier molecular flexibility index (Phi) is 6.54. The Hall–Kier alpha value is -3.00. The molecule has 0 fully saturated rings. The predicted octanol–water partition coefficient (Wildman–Crippen LogP) is 3.91. The summed E-state index contributed by atoms with van der Waals surface area (Å²) >= 11 is 1.56. The first-order chi connectivity index (χ1) is 13.6. The minimum absolute atomic E-state index is 0.185. The molecule has 28 heavy (non-hydrogen) atoms. The van der Waals surface area contributed by atoms with Crippen molar-refractivity contribution in [3.05, 3.63) is 48.4 Å². The minimum Gasteiger partial charge on any atom is -0.359 e. The van der Waals surface area contributed by atoms with E-state index in [1.165, 1.54) is 0 Å². The second-order valence-electron chi connectivity index (χ2n) is 6.49. The third kappa shape index (κ3) is 5.04. The van der Waals surface area contributed by atoms with Crippen molar-refractivity contribution in [1.82, 2.24) is 25.6 Å². The fourth-order valence-corrected chi connectivity index (χ4v) is 3.60. The number of carbonyl (C=O) groups excluding carboxylic acids is 1. The molecule has 2 heterocycles. The topological polar surface area (TPSA) is 91.8 Å². The zero-order chi connectivity index (χ0) is 19.9. The SMILES string of the molecule is CCNC(=O)NCc1ccccc1-c1cc(-c2cnc(NC(C)C)s2)ncn1. The van der Waals surface area contributed by atoms with Crippen molar-refractivity contribution in [2.75, 3.05) is 11.9 Å². The zero-order valence-electron chi connectivity index (χ0n) is 16.2. The van der Waals surface area contributed by atoms with E-state index in [-0.39, 0.29) is 6.03 Å². The maximum absolute atomic E-state index is 11.7. The molecule has 0 unspecified atom stereocenters. The monoisotopic (exact) mass is 396 g/mol. The second-order valence-corrected chi connectivity index (χ2v) is 7.52. The molecule has 0 spiro atoms. The van der Waals surface area contributed by atoms with E-state index in [9.17, 15) is 4.79 Å². The van der Waals surface area contributed by atoms with Crippen LogP contribution in [0.15, 0.2) is 42.9 Å². The molecule has 3 aromatic rings. The van der Waals surface area contributed by atoms with Crippen LogP contribution in [0.2, 0.25) is 0 Å². The predicted molar refractivity (Wildman–Crippen MR) is 113 cm³/mol. The summed E-state index contributed by atoms with van der Waals surface area (Å²) in [6.07, 6.45) is 3.39. The van der Waals surface area contributed by atoms with Gasteiger partial charge in [0.05, 0.1) is 16.3 Å². The first-order valence-corrected chi connectivity index (χ1v) is 10.0. The van der Waals surface area contributed by atoms with Crippen LogP contribution in [0.3, 0.4) is 0 Å². The minimum atomic E-state index is -0.185. The van der Waals surface area contributed by atoms with Gasteiger partial charge in [-0.25, -0.2) is 19.7 Å². The smallest absolute Gasteiger partial charge is 0.315 e. The lowest BCUT2D eigenvalue weighted by molar-refractivity contribution is 0.241. The molecule has 2 amide bonds. The van der Waals surface area contributed by atoms with Crippen LogP contribution in [0.4, 0.5) is 9.93 Å². The highest BCUT2D eigenvalue weighted by molar-refractivity contribution is 7.18. The van der Waals surface area contributed by atoms with Crippen molar-refractivity contribution in [1.29, 1.82) is 0 Å². The molecular weight excluding hydrogens is 372 g/mol. The molecule has 0 saturated carbocycles. The largest absolute Gasteiger partial charge is 0.359 e. The van der Waals surface area contributed by atoms with Crippen LogP contribution >= 0.6 is 11.3 Å². The Balaban J connectivity index is 1.84. The summed E-state index contributed by atoms with van der Waals surface area (Å²) in [7, 11) is 0. The lowest BCUT2D eigenvalue weighted by Gasteiger charge is -2.11. The Morgan fingerprint density at radius 3 is 2.68 bits per heavy atom. The summed E-state index contributed by atoms with van der Waals surface area (Å²) < 4.78 is 0. The van der Waals surface area contributed by atoms with Crippen molar-refractivity contribution < 1.29 is 4.79 Å². The van der Waals surface area contributed by atoms with Crippen LogP contribution in [0.5, 0.6) is 0 Å². The number of nitrogens with one attached hydrogen (secondary N) is 3. The van der Waals surface area contributed by atoms with Crippen LogP contribution in [0, 0.1) is 0 Å². The summed E-state index contributed by atoms with van der Waals surface area (Å²) in [6, 6.07) is 9.99. The number of benzene rings is 1. The lowest BCUT2D eigenvalue weighted by Crippen LogP contribution is -2.34. The standard InChI is InChI=1S/C20H24N6OS/c1-4-21-19(27)22-10-14-7-5-6-8-15(14)16-9-17(25-12-24-16)18-11-23-20(28-18)26-13(2)3/h5-9,11-13H,4,10H2,1-3H3,(H,23,26)(H2,21,22,27). The second kappa shape index (κ2) is 9.27. The van der Waals surface area contributed by atoms with Crippen LogP contribution < -0.4 is 16.0 Å². The average molecular weight is 397 g/mol. The Morgan fingerprint density at radius 1 is 1.11 bits per heavy atom. The summed E-state index contributed by atoms with van der Waals surface area (Å²) in [4.78, 5) is 26.0. The zero-order valence-corrected chi connectivity index (χ0v) is 17.0. The number of carbonyl (C=O) groups is 1. The number of thiazole rings is 1. The van der Waals surface area contributed by atoms with Gasteiger partial charge in [-0.05, 0) is 32.4 Å². The molecule has 146 valence electrons. The fourth-order valence-electron chi connectivity index (χ4n) is 2.67. The molecule has 0 bridgehead atoms. The molecule has 0 atom stereocenters. The third-order valence-electron chi connectivity index (χ3n) is 3.91. The van der Waals surface area contributed by atoms with Crippen molar-refractivity contribution >= 4 is 22.5 Å². The quantitative estimate of drug-likeness (QED) is 0.563. The molecule has 8 heteroatoms. The van der Waals surface area contributed by atoms with E-state index >= 15 is 0 Å². The molecule has 0 aliphatic heterocycles. The van der Waals surface area contributed by atoms with E-state index < -0.39 is 0 Å². The normalized spacial score (nSPS) is 10.7. The van der Waals surface area contributed by atoms with Gasteiger partial charge in [-0.3, -0.25) is 0 Å². The summed E-state index contributed by atoms with van der Waals surface area (Å²) in [5.41, 5.74) is 3.59. The molecular formula is C20H24N6OS. The number of aromatic nitrogens is 3. The number of amides is 2. The summed E-state index contributed by atoms with van der Waals surface area (Å²) in [5.74, 6) is 0. The maximum atomic E-state index is 11.7. The number of nitrogens with zero attached hydrogens (tertiary/aromatic N) is 3. The van der Waals surface area contributed by atoms with Gasteiger partial charge in [-0.1, -0.05) is 35.6 Å². The fraction of sp³-hybridized carbons (Fsp3) is 0.300. The number of anilines is 1. The Bertz CT molecular complexity index is 940. The summed E-state index contributed by atoms with van der Waals surface area (Å²) in [5, 5.41) is 9.78. The number of urea groups is 1. The van der Waals surface area contributed by atoms with Gasteiger partial charge in [0.2, 0.25) is 0 Å². The first kappa shape index (κ1) is 19.8. The number of hydrogen-bond donors (Lipinski definition) is 3. The van der Waals surface area contributed by atoms with Gasteiger partial charge in [-0.2, -0.15) is 0 Å². The lowest BCUT2D eigenvalue weighted by atomic mass is 10.0. The van der Waals surface area contributed by atoms with Crippen molar-refractivity contribution in [3.8, 4) is 21.8 Å². The van der Waals surface area contributed by atoms with E-state index in [2.05, 4.69) is 44.7 Å². The molecule has 0 aliphatic carbocycles. The molecule has 0 radical (unpaired) electrons. The van der Waals surface area contributed by atoms with Crippen LogP contribution in [0.1, 0.15) is 26.3 Å². The molecule has 7 nitrogen and oxygen atoms in total. The summed E-state index contributed by atoms with van der Waals surface area (Å²) in [6.45, 7) is 7.05. The molecule has 0 aliphatic rings. The van der Waals surface area contributed by atoms with E-state index in [4.69, 9.17) is 0 Å². The molecule has 0 saturated heterocycles. The van der Waals surface area contributed by atoms with E-state index in [0.29, 0.717) is 19.1 Å². The van der Waals surface area contributed by atoms with Crippen molar-refractivity contribution in [2.45, 2.75) is 33.4 Å². The highest BCUT2D eigenvalue weighted by Crippen LogP contribution is 2.30. The van der Waals surface area contributed by atoms with Crippen molar-refractivity contribution in [2.24, 2.45) is 0 Å². The molecule has 3 rings (SSSR count). The number of hydrogen-bond acceptors (Lipinski definition) is 6. The van der Waals surface area contributed by atoms with Crippen LogP contribution in [0.25, 0.3) is 21.8 Å². The van der Waals surface area contributed by atoms with Gasteiger partial charge in [0.15, 0.2) is 5.13 Å². The van der Waals surface area contributed by atoms with Crippen LogP contribution in [-0.4, -0.2) is 33.6 Å². The van der Waals surface area contributed by atoms with Crippen LogP contribution in [-0.2, 0) is 6.54 Å². The van der Waals surface area contributed by atoms with Gasteiger partial charge in [-0.15, -0.1) is 0 Å². The highest BCUT2D eigenvalue weighted by Gasteiger charge is 2.11. The maximum Gasteiger partial charge on any atom is 0.315 e. The van der Waals surface area contributed by atoms with E-state index in [1.54, 1.807) is 17.7 Å². The third-order valence-corrected chi connectivity index (χ3v) is 4.86. The van der Waals surface area contributed by atoms with Gasteiger partial charge in [0, 0.05) is 30.9 Å². The molecule has 2 aromatic heterocycles. The molecule has 3 N–H and O–H groups in total. The number of rotatable bonds is 7. The Morgan fingerprint density at radius 2 is 1.89 bits per heavy atom. The van der Waals surface area contributed by atoms with Gasteiger partial charge in [0.25, 0.3) is 0 Å². The Labute approximate surface area is 168 Å². The van der Waals surface area contributed by atoms with Gasteiger partial charge < -0.3 is 16.0 Å². The van der Waals surface area contributed by atoms with Crippen molar-refractivity contribution in [3.63, 3.8) is 0 Å². The molecule has 1 aromatic carbocycles. The first-order valence-electron chi connectivity index (χ1n) is 9.21. The highest BCUT2D eigenvalue weighted by atomic mass is 32.1. The van der Waals surface area contributed by atoms with E-state index in [0.717, 1.165) is 32.5 Å². The van der Waals surface area contributed by atoms with Gasteiger partial charge in [0.1, 0.15) is 6.33 Å². The van der Waals surface area contributed by atoms with E-state index in [1.807, 2.05) is 43.5 Å². The average Bonchev–Trinajstić information content (AvgIpc) is 3.15.